The Hall–Kier alpha value is -2.30. The van der Waals surface area contributed by atoms with Gasteiger partial charge >= 0.3 is 0 Å². The van der Waals surface area contributed by atoms with Crippen LogP contribution in [0.2, 0.25) is 0 Å². The number of carbonyl (C=O) groups is 1. The molecular weight excluding hydrogens is 374 g/mol. The van der Waals surface area contributed by atoms with Gasteiger partial charge in [-0.25, -0.2) is 0 Å². The number of amides is 1. The van der Waals surface area contributed by atoms with E-state index >= 15 is 0 Å². The lowest BCUT2D eigenvalue weighted by atomic mass is 9.80. The van der Waals surface area contributed by atoms with Crippen LogP contribution in [0.4, 0.5) is 0 Å². The quantitative estimate of drug-likeness (QED) is 0.605. The minimum absolute atomic E-state index is 0.0542. The Kier molecular flexibility index (Phi) is 5.66. The molecule has 2 atom stereocenters. The highest BCUT2D eigenvalue weighted by Crippen LogP contribution is 2.43. The third-order valence-corrected chi connectivity index (χ3v) is 5.81. The van der Waals surface area contributed by atoms with Crippen molar-refractivity contribution in [3.63, 3.8) is 0 Å². The number of likely N-dealkylation sites (tertiary alicyclic amines) is 2. The largest absolute Gasteiger partial charge is 0.377 e. The predicted molar refractivity (Wildman–Crippen MR) is 104 cm³/mol. The highest BCUT2D eigenvalue weighted by atomic mass is 16.5. The first-order valence-electron chi connectivity index (χ1n) is 9.90. The van der Waals surface area contributed by atoms with Crippen LogP contribution in [0.15, 0.2) is 23.0 Å². The molecule has 158 valence electrons. The molecule has 29 heavy (non-hydrogen) atoms. The second-order valence-electron chi connectivity index (χ2n) is 8.48. The SMILES string of the molecule is COCc1noc(CN2C[C@H]3CN(C(=O)Cn4cccn4)C[C@@]3(CN(C)C)C2)n1. The van der Waals surface area contributed by atoms with E-state index in [4.69, 9.17) is 9.26 Å². The van der Waals surface area contributed by atoms with Crippen LogP contribution in [0, 0.1) is 11.3 Å². The van der Waals surface area contributed by atoms with Crippen LogP contribution in [0.25, 0.3) is 0 Å². The Balaban J connectivity index is 1.41. The molecule has 10 nitrogen and oxygen atoms in total. The number of hydrogen-bond acceptors (Lipinski definition) is 8. The van der Waals surface area contributed by atoms with Crippen molar-refractivity contribution in [2.24, 2.45) is 11.3 Å². The summed E-state index contributed by atoms with van der Waals surface area (Å²) in [5, 5.41) is 8.11. The molecule has 2 aliphatic heterocycles. The summed E-state index contributed by atoms with van der Waals surface area (Å²) >= 11 is 0. The zero-order valence-electron chi connectivity index (χ0n) is 17.3. The molecule has 0 radical (unpaired) electrons. The van der Waals surface area contributed by atoms with Crippen LogP contribution in [-0.4, -0.2) is 94.5 Å². The molecule has 0 aliphatic carbocycles. The van der Waals surface area contributed by atoms with Crippen LogP contribution in [0.1, 0.15) is 11.7 Å². The smallest absolute Gasteiger partial charge is 0.244 e. The fourth-order valence-corrected chi connectivity index (χ4v) is 4.82. The Labute approximate surface area is 170 Å². The van der Waals surface area contributed by atoms with Gasteiger partial charge in [-0.1, -0.05) is 5.16 Å². The second-order valence-corrected chi connectivity index (χ2v) is 8.48. The van der Waals surface area contributed by atoms with Gasteiger partial charge in [0, 0.05) is 57.6 Å². The maximum Gasteiger partial charge on any atom is 0.244 e. The van der Waals surface area contributed by atoms with E-state index in [0.29, 0.717) is 37.3 Å². The summed E-state index contributed by atoms with van der Waals surface area (Å²) in [6.45, 7) is 5.59. The third-order valence-electron chi connectivity index (χ3n) is 5.81. The van der Waals surface area contributed by atoms with Crippen LogP contribution in [-0.2, 0) is 29.2 Å². The van der Waals surface area contributed by atoms with Gasteiger partial charge in [0.05, 0.1) is 6.54 Å². The van der Waals surface area contributed by atoms with Gasteiger partial charge in [-0.15, -0.1) is 0 Å². The lowest BCUT2D eigenvalue weighted by Crippen LogP contribution is -2.43. The summed E-state index contributed by atoms with van der Waals surface area (Å²) < 4.78 is 12.1. The van der Waals surface area contributed by atoms with Gasteiger partial charge in [0.25, 0.3) is 0 Å². The molecule has 2 fully saturated rings. The van der Waals surface area contributed by atoms with E-state index in [2.05, 4.69) is 39.1 Å². The standard InChI is InChI=1S/C19H29N7O3/c1-23(2)12-19-13-24(9-17-21-16(11-28-3)22-29-17)7-15(19)8-25(14-19)18(27)10-26-6-4-5-20-26/h4-6,15H,7-14H2,1-3H3/t15-,19+/m0/s1. The van der Waals surface area contributed by atoms with Crippen molar-refractivity contribution >= 4 is 5.91 Å². The lowest BCUT2D eigenvalue weighted by molar-refractivity contribution is -0.131. The zero-order valence-corrected chi connectivity index (χ0v) is 17.3. The molecular formula is C19H29N7O3. The van der Waals surface area contributed by atoms with Gasteiger partial charge in [0.1, 0.15) is 13.2 Å². The molecule has 0 unspecified atom stereocenters. The molecule has 0 bridgehead atoms. The Bertz CT molecular complexity index is 822. The average Bonchev–Trinajstić information content (AvgIpc) is 3.40. The molecule has 2 aromatic heterocycles. The first-order chi connectivity index (χ1) is 14.0. The molecule has 4 heterocycles. The van der Waals surface area contributed by atoms with Crippen molar-refractivity contribution in [1.82, 2.24) is 34.6 Å². The van der Waals surface area contributed by atoms with E-state index in [1.165, 1.54) is 0 Å². The predicted octanol–water partition coefficient (Wildman–Crippen LogP) is -0.0653. The van der Waals surface area contributed by atoms with Crippen LogP contribution >= 0.6 is 0 Å². The monoisotopic (exact) mass is 403 g/mol. The summed E-state index contributed by atoms with van der Waals surface area (Å²) in [6, 6.07) is 1.84. The normalized spacial score (nSPS) is 24.6. The van der Waals surface area contributed by atoms with E-state index in [9.17, 15) is 4.79 Å². The van der Waals surface area contributed by atoms with Crippen molar-refractivity contribution in [2.45, 2.75) is 19.7 Å². The Morgan fingerprint density at radius 3 is 2.97 bits per heavy atom. The van der Waals surface area contributed by atoms with Gasteiger partial charge in [0.2, 0.25) is 11.8 Å². The molecule has 0 N–H and O–H groups in total. The first kappa shape index (κ1) is 20.0. The number of carbonyl (C=O) groups excluding carboxylic acids is 1. The number of methoxy groups -OCH3 is 1. The fourth-order valence-electron chi connectivity index (χ4n) is 4.82. The molecule has 1 amide bonds. The Morgan fingerprint density at radius 1 is 1.38 bits per heavy atom. The maximum absolute atomic E-state index is 12.8. The van der Waals surface area contributed by atoms with E-state index in [-0.39, 0.29) is 11.3 Å². The Morgan fingerprint density at radius 2 is 2.24 bits per heavy atom. The van der Waals surface area contributed by atoms with Crippen molar-refractivity contribution in [3.05, 3.63) is 30.2 Å². The van der Waals surface area contributed by atoms with E-state index in [1.807, 2.05) is 17.2 Å². The minimum Gasteiger partial charge on any atom is -0.377 e. The van der Waals surface area contributed by atoms with Crippen molar-refractivity contribution < 1.29 is 14.1 Å². The second kappa shape index (κ2) is 8.21. The topological polar surface area (TPSA) is 92.8 Å². The summed E-state index contributed by atoms with van der Waals surface area (Å²) in [5.74, 6) is 1.74. The molecule has 4 rings (SSSR count). The number of fused-ring (bicyclic) bond motifs is 1. The maximum atomic E-state index is 12.8. The van der Waals surface area contributed by atoms with Crippen molar-refractivity contribution in [3.8, 4) is 0 Å². The summed E-state index contributed by atoms with van der Waals surface area (Å²) in [6.07, 6.45) is 3.53. The fraction of sp³-hybridized carbons (Fsp3) is 0.684. The minimum atomic E-state index is 0.0542. The molecule has 0 saturated carbocycles. The van der Waals surface area contributed by atoms with Gasteiger partial charge in [-0.05, 0) is 26.1 Å². The van der Waals surface area contributed by atoms with Gasteiger partial charge < -0.3 is 19.1 Å². The number of nitrogens with zero attached hydrogens (tertiary/aromatic N) is 7. The van der Waals surface area contributed by atoms with Crippen LogP contribution < -0.4 is 0 Å². The molecule has 0 spiro atoms. The highest BCUT2D eigenvalue weighted by molar-refractivity contribution is 5.76. The van der Waals surface area contributed by atoms with Gasteiger partial charge in [-0.3, -0.25) is 14.4 Å². The zero-order chi connectivity index (χ0) is 20.4. The van der Waals surface area contributed by atoms with Gasteiger partial charge in [-0.2, -0.15) is 10.1 Å². The molecule has 0 aromatic carbocycles. The molecule has 2 aromatic rings. The summed E-state index contributed by atoms with van der Waals surface area (Å²) in [4.78, 5) is 23.8. The van der Waals surface area contributed by atoms with Crippen LogP contribution in [0.5, 0.6) is 0 Å². The number of aromatic nitrogens is 4. The first-order valence-corrected chi connectivity index (χ1v) is 9.90. The summed E-state index contributed by atoms with van der Waals surface area (Å²) in [7, 11) is 5.80. The molecule has 10 heteroatoms. The van der Waals surface area contributed by atoms with E-state index in [1.54, 1.807) is 18.0 Å². The number of hydrogen-bond donors (Lipinski definition) is 0. The van der Waals surface area contributed by atoms with Crippen LogP contribution in [0.3, 0.4) is 0 Å². The van der Waals surface area contributed by atoms with Crippen molar-refractivity contribution in [1.29, 1.82) is 0 Å². The van der Waals surface area contributed by atoms with Crippen molar-refractivity contribution in [2.75, 3.05) is 53.9 Å². The third kappa shape index (κ3) is 4.34. The summed E-state index contributed by atoms with van der Waals surface area (Å²) in [5.41, 5.74) is 0.0542. The van der Waals surface area contributed by atoms with Gasteiger partial charge in [0.15, 0.2) is 5.82 Å². The number of ether oxygens (including phenoxy) is 1. The lowest BCUT2D eigenvalue weighted by Gasteiger charge is -2.32. The van der Waals surface area contributed by atoms with E-state index in [0.717, 1.165) is 32.7 Å². The number of rotatable bonds is 8. The highest BCUT2D eigenvalue weighted by Gasteiger charge is 2.53. The molecule has 2 saturated heterocycles. The molecule has 2 aliphatic rings. The average molecular weight is 403 g/mol. The van der Waals surface area contributed by atoms with E-state index < -0.39 is 0 Å².